The van der Waals surface area contributed by atoms with Gasteiger partial charge in [0.1, 0.15) is 6.54 Å². The van der Waals surface area contributed by atoms with Crippen molar-refractivity contribution in [1.82, 2.24) is 0 Å². The SMILES string of the molecule is Cc1ccc(N(CC(=O)O)C(=O)C2CCC(N)C2)cc1. The van der Waals surface area contributed by atoms with E-state index in [-0.39, 0.29) is 24.4 Å². The number of anilines is 1. The Hall–Kier alpha value is -1.88. The summed E-state index contributed by atoms with van der Waals surface area (Å²) in [6, 6.07) is 7.36. The number of hydrogen-bond acceptors (Lipinski definition) is 3. The molecule has 0 aromatic heterocycles. The van der Waals surface area contributed by atoms with Crippen LogP contribution < -0.4 is 10.6 Å². The van der Waals surface area contributed by atoms with Crippen LogP contribution in [0.2, 0.25) is 0 Å². The molecule has 0 aliphatic heterocycles. The lowest BCUT2D eigenvalue weighted by atomic mass is 10.1. The average Bonchev–Trinajstić information content (AvgIpc) is 2.83. The van der Waals surface area contributed by atoms with Crippen LogP contribution in [0, 0.1) is 12.8 Å². The number of nitrogens with zero attached hydrogens (tertiary/aromatic N) is 1. The van der Waals surface area contributed by atoms with Gasteiger partial charge in [-0.15, -0.1) is 0 Å². The Balaban J connectivity index is 2.20. The van der Waals surface area contributed by atoms with Crippen LogP contribution in [0.1, 0.15) is 24.8 Å². The Morgan fingerprint density at radius 3 is 2.45 bits per heavy atom. The molecular formula is C15H20N2O3. The van der Waals surface area contributed by atoms with Crippen LogP contribution in [-0.4, -0.2) is 29.6 Å². The maximum atomic E-state index is 12.5. The molecule has 2 rings (SSSR count). The molecule has 20 heavy (non-hydrogen) atoms. The summed E-state index contributed by atoms with van der Waals surface area (Å²) in [5.74, 6) is -1.31. The predicted molar refractivity (Wildman–Crippen MR) is 76.5 cm³/mol. The van der Waals surface area contributed by atoms with Gasteiger partial charge in [0.2, 0.25) is 5.91 Å². The summed E-state index contributed by atoms with van der Waals surface area (Å²) in [5, 5.41) is 9.02. The second-order valence-electron chi connectivity index (χ2n) is 5.42. The number of amides is 1. The summed E-state index contributed by atoms with van der Waals surface area (Å²) in [6.07, 6.45) is 2.20. The first kappa shape index (κ1) is 14.5. The van der Waals surface area contributed by atoms with Crippen molar-refractivity contribution in [3.8, 4) is 0 Å². The molecular weight excluding hydrogens is 256 g/mol. The highest BCUT2D eigenvalue weighted by Gasteiger charge is 2.32. The molecule has 3 N–H and O–H groups in total. The summed E-state index contributed by atoms with van der Waals surface area (Å²) >= 11 is 0. The van der Waals surface area contributed by atoms with Gasteiger partial charge in [0.05, 0.1) is 0 Å². The van der Waals surface area contributed by atoms with Gasteiger partial charge in [0.25, 0.3) is 0 Å². The molecule has 1 aromatic rings. The van der Waals surface area contributed by atoms with Crippen molar-refractivity contribution < 1.29 is 14.7 Å². The molecule has 1 aliphatic carbocycles. The summed E-state index contributed by atoms with van der Waals surface area (Å²) in [6.45, 7) is 1.64. The van der Waals surface area contributed by atoms with E-state index in [9.17, 15) is 9.59 Å². The van der Waals surface area contributed by atoms with Gasteiger partial charge in [-0.1, -0.05) is 17.7 Å². The smallest absolute Gasteiger partial charge is 0.323 e. The Morgan fingerprint density at radius 1 is 1.30 bits per heavy atom. The topological polar surface area (TPSA) is 83.6 Å². The van der Waals surface area contributed by atoms with Crippen LogP contribution in [0.5, 0.6) is 0 Å². The van der Waals surface area contributed by atoms with Crippen molar-refractivity contribution in [2.75, 3.05) is 11.4 Å². The zero-order valence-corrected chi connectivity index (χ0v) is 11.6. The van der Waals surface area contributed by atoms with E-state index in [4.69, 9.17) is 10.8 Å². The number of carbonyl (C=O) groups is 2. The van der Waals surface area contributed by atoms with Crippen LogP contribution >= 0.6 is 0 Å². The number of carbonyl (C=O) groups excluding carboxylic acids is 1. The fraction of sp³-hybridized carbons (Fsp3) is 0.467. The van der Waals surface area contributed by atoms with Crippen molar-refractivity contribution in [1.29, 1.82) is 0 Å². The van der Waals surface area contributed by atoms with Gasteiger partial charge < -0.3 is 15.7 Å². The maximum absolute atomic E-state index is 12.5. The number of carboxylic acid groups (broad SMARTS) is 1. The third kappa shape index (κ3) is 3.36. The molecule has 1 fully saturated rings. The number of hydrogen-bond donors (Lipinski definition) is 2. The van der Waals surface area contributed by atoms with Gasteiger partial charge in [-0.2, -0.15) is 0 Å². The quantitative estimate of drug-likeness (QED) is 0.873. The Bertz CT molecular complexity index is 498. The van der Waals surface area contributed by atoms with Crippen molar-refractivity contribution >= 4 is 17.6 Å². The first-order valence-electron chi connectivity index (χ1n) is 6.83. The maximum Gasteiger partial charge on any atom is 0.323 e. The van der Waals surface area contributed by atoms with E-state index < -0.39 is 5.97 Å². The lowest BCUT2D eigenvalue weighted by Crippen LogP contribution is -2.39. The van der Waals surface area contributed by atoms with E-state index in [1.807, 2.05) is 19.1 Å². The molecule has 0 saturated heterocycles. The predicted octanol–water partition coefficient (Wildman–Crippen LogP) is 1.54. The first-order valence-corrected chi connectivity index (χ1v) is 6.83. The van der Waals surface area contributed by atoms with E-state index in [1.54, 1.807) is 12.1 Å². The molecule has 0 radical (unpaired) electrons. The molecule has 0 spiro atoms. The van der Waals surface area contributed by atoms with Crippen LogP contribution in [0.25, 0.3) is 0 Å². The van der Waals surface area contributed by atoms with Crippen molar-refractivity contribution in [2.24, 2.45) is 11.7 Å². The number of aliphatic carboxylic acids is 1. The van der Waals surface area contributed by atoms with E-state index >= 15 is 0 Å². The summed E-state index contributed by atoms with van der Waals surface area (Å²) < 4.78 is 0. The van der Waals surface area contributed by atoms with E-state index in [0.717, 1.165) is 18.4 Å². The highest BCUT2D eigenvalue weighted by molar-refractivity contribution is 5.98. The molecule has 1 amide bonds. The van der Waals surface area contributed by atoms with Gasteiger partial charge in [-0.25, -0.2) is 0 Å². The molecule has 108 valence electrons. The molecule has 1 aromatic carbocycles. The normalized spacial score (nSPS) is 21.7. The minimum absolute atomic E-state index is 0.0497. The second kappa shape index (κ2) is 6.05. The van der Waals surface area contributed by atoms with Gasteiger partial charge in [0, 0.05) is 17.6 Å². The van der Waals surface area contributed by atoms with Crippen molar-refractivity contribution in [2.45, 2.75) is 32.2 Å². The fourth-order valence-electron chi connectivity index (χ4n) is 2.62. The minimum Gasteiger partial charge on any atom is -0.480 e. The van der Waals surface area contributed by atoms with Crippen LogP contribution in [0.3, 0.4) is 0 Å². The number of rotatable bonds is 4. The molecule has 5 nitrogen and oxygen atoms in total. The molecule has 1 aliphatic rings. The third-order valence-electron chi connectivity index (χ3n) is 3.73. The molecule has 5 heteroatoms. The number of aryl methyl sites for hydroxylation is 1. The molecule has 0 heterocycles. The second-order valence-corrected chi connectivity index (χ2v) is 5.42. The minimum atomic E-state index is -1.01. The number of nitrogens with two attached hydrogens (primary N) is 1. The lowest BCUT2D eigenvalue weighted by Gasteiger charge is -2.24. The van der Waals surface area contributed by atoms with Crippen LogP contribution in [0.4, 0.5) is 5.69 Å². The summed E-state index contributed by atoms with van der Waals surface area (Å²) in [7, 11) is 0. The Kier molecular flexibility index (Phi) is 4.39. The van der Waals surface area contributed by atoms with Gasteiger partial charge >= 0.3 is 5.97 Å². The summed E-state index contributed by atoms with van der Waals surface area (Å²) in [4.78, 5) is 24.9. The van der Waals surface area contributed by atoms with Crippen molar-refractivity contribution in [3.63, 3.8) is 0 Å². The van der Waals surface area contributed by atoms with E-state index in [2.05, 4.69) is 0 Å². The molecule has 2 unspecified atom stereocenters. The molecule has 2 atom stereocenters. The van der Waals surface area contributed by atoms with Gasteiger partial charge in [-0.05, 0) is 38.3 Å². The van der Waals surface area contributed by atoms with Gasteiger partial charge in [0.15, 0.2) is 0 Å². The Labute approximate surface area is 118 Å². The van der Waals surface area contributed by atoms with Crippen LogP contribution in [0.15, 0.2) is 24.3 Å². The standard InChI is InChI=1S/C15H20N2O3/c1-10-2-6-13(7-3-10)17(9-14(18)19)15(20)11-4-5-12(16)8-11/h2-3,6-7,11-12H,4-5,8-9,16H2,1H3,(H,18,19). The number of benzene rings is 1. The highest BCUT2D eigenvalue weighted by atomic mass is 16.4. The molecule has 0 bridgehead atoms. The fourth-order valence-corrected chi connectivity index (χ4v) is 2.62. The third-order valence-corrected chi connectivity index (χ3v) is 3.73. The summed E-state index contributed by atoms with van der Waals surface area (Å²) in [5.41, 5.74) is 7.53. The van der Waals surface area contributed by atoms with Gasteiger partial charge in [-0.3, -0.25) is 9.59 Å². The van der Waals surface area contributed by atoms with Crippen LogP contribution in [-0.2, 0) is 9.59 Å². The molecule has 1 saturated carbocycles. The number of carboxylic acids is 1. The van der Waals surface area contributed by atoms with E-state index in [0.29, 0.717) is 12.1 Å². The zero-order chi connectivity index (χ0) is 14.7. The average molecular weight is 276 g/mol. The Morgan fingerprint density at radius 2 is 1.95 bits per heavy atom. The lowest BCUT2D eigenvalue weighted by molar-refractivity contribution is -0.137. The highest BCUT2D eigenvalue weighted by Crippen LogP contribution is 2.28. The largest absolute Gasteiger partial charge is 0.480 e. The van der Waals surface area contributed by atoms with Crippen molar-refractivity contribution in [3.05, 3.63) is 29.8 Å². The monoisotopic (exact) mass is 276 g/mol. The first-order chi connectivity index (χ1) is 9.47. The zero-order valence-electron chi connectivity index (χ0n) is 11.6. The van der Waals surface area contributed by atoms with E-state index in [1.165, 1.54) is 4.90 Å².